The highest BCUT2D eigenvalue weighted by atomic mass is 16.4. The highest BCUT2D eigenvalue weighted by Crippen LogP contribution is 2.57. The van der Waals surface area contributed by atoms with Crippen LogP contribution < -0.4 is 0 Å². The number of carbonyl (C=O) groups is 1. The SMILES string of the molecule is CC(C)(C(=O)O)n1nnnc1C1CC2CC2C1. The number of nitrogens with zero attached hydrogens (tertiary/aromatic N) is 4. The molecule has 6 heteroatoms. The Morgan fingerprint density at radius 1 is 1.35 bits per heavy atom. The van der Waals surface area contributed by atoms with Gasteiger partial charge in [0.15, 0.2) is 11.4 Å². The highest BCUT2D eigenvalue weighted by Gasteiger charge is 2.48. The Hall–Kier alpha value is -1.46. The van der Waals surface area contributed by atoms with Crippen molar-refractivity contribution in [2.75, 3.05) is 0 Å². The monoisotopic (exact) mass is 236 g/mol. The number of hydrogen-bond donors (Lipinski definition) is 1. The van der Waals surface area contributed by atoms with Gasteiger partial charge < -0.3 is 5.11 Å². The van der Waals surface area contributed by atoms with Crippen LogP contribution in [-0.4, -0.2) is 31.3 Å². The molecule has 0 aromatic carbocycles. The second kappa shape index (κ2) is 3.27. The molecule has 2 fully saturated rings. The molecule has 2 atom stereocenters. The maximum absolute atomic E-state index is 11.2. The van der Waals surface area contributed by atoms with E-state index >= 15 is 0 Å². The number of rotatable bonds is 3. The molecule has 3 rings (SSSR count). The van der Waals surface area contributed by atoms with E-state index in [1.807, 2.05) is 0 Å². The molecule has 0 spiro atoms. The molecule has 1 N–H and O–H groups in total. The number of hydrogen-bond acceptors (Lipinski definition) is 4. The van der Waals surface area contributed by atoms with Crippen molar-refractivity contribution in [3.05, 3.63) is 5.82 Å². The number of carboxylic acid groups (broad SMARTS) is 1. The van der Waals surface area contributed by atoms with E-state index in [1.165, 1.54) is 11.1 Å². The normalized spacial score (nSPS) is 31.3. The maximum atomic E-state index is 11.2. The van der Waals surface area contributed by atoms with Crippen molar-refractivity contribution in [3.8, 4) is 0 Å². The molecular weight excluding hydrogens is 220 g/mol. The summed E-state index contributed by atoms with van der Waals surface area (Å²) < 4.78 is 1.48. The van der Waals surface area contributed by atoms with Gasteiger partial charge in [0.05, 0.1) is 0 Å². The van der Waals surface area contributed by atoms with Crippen molar-refractivity contribution in [1.82, 2.24) is 20.2 Å². The summed E-state index contributed by atoms with van der Waals surface area (Å²) in [6.45, 7) is 3.26. The molecule has 1 aromatic heterocycles. The van der Waals surface area contributed by atoms with Gasteiger partial charge in [0.25, 0.3) is 0 Å². The molecule has 0 saturated heterocycles. The Balaban J connectivity index is 1.91. The van der Waals surface area contributed by atoms with Gasteiger partial charge in [0.2, 0.25) is 0 Å². The van der Waals surface area contributed by atoms with Crippen molar-refractivity contribution >= 4 is 5.97 Å². The van der Waals surface area contributed by atoms with Gasteiger partial charge in [-0.1, -0.05) is 0 Å². The zero-order valence-electron chi connectivity index (χ0n) is 10.00. The minimum absolute atomic E-state index is 0.340. The van der Waals surface area contributed by atoms with E-state index < -0.39 is 11.5 Å². The lowest BCUT2D eigenvalue weighted by atomic mass is 10.00. The van der Waals surface area contributed by atoms with Crippen LogP contribution >= 0.6 is 0 Å². The molecule has 0 amide bonds. The molecule has 92 valence electrons. The van der Waals surface area contributed by atoms with E-state index in [0.29, 0.717) is 5.92 Å². The Bertz CT molecular complexity index is 458. The lowest BCUT2D eigenvalue weighted by Gasteiger charge is -2.22. The van der Waals surface area contributed by atoms with Crippen molar-refractivity contribution < 1.29 is 9.90 Å². The smallest absolute Gasteiger partial charge is 0.331 e. The molecule has 2 aliphatic rings. The quantitative estimate of drug-likeness (QED) is 0.847. The van der Waals surface area contributed by atoms with Gasteiger partial charge in [-0.15, -0.1) is 5.10 Å². The third-order valence-electron chi connectivity index (χ3n) is 4.16. The van der Waals surface area contributed by atoms with E-state index in [1.54, 1.807) is 13.8 Å². The molecular formula is C11H16N4O2. The maximum Gasteiger partial charge on any atom is 0.331 e. The summed E-state index contributed by atoms with van der Waals surface area (Å²) in [6, 6.07) is 0. The van der Waals surface area contributed by atoms with Crippen LogP contribution in [0.3, 0.4) is 0 Å². The second-order valence-electron chi connectivity index (χ2n) is 5.74. The summed E-state index contributed by atoms with van der Waals surface area (Å²) >= 11 is 0. The van der Waals surface area contributed by atoms with Crippen LogP contribution in [0.5, 0.6) is 0 Å². The first kappa shape index (κ1) is 10.7. The largest absolute Gasteiger partial charge is 0.479 e. The predicted octanol–water partition coefficient (Wildman–Crippen LogP) is 1.01. The molecule has 0 radical (unpaired) electrons. The summed E-state index contributed by atoms with van der Waals surface area (Å²) in [5.41, 5.74) is -1.08. The van der Waals surface area contributed by atoms with E-state index in [0.717, 1.165) is 30.5 Å². The fourth-order valence-corrected chi connectivity index (χ4v) is 2.86. The van der Waals surface area contributed by atoms with Crippen LogP contribution in [0.4, 0.5) is 0 Å². The summed E-state index contributed by atoms with van der Waals surface area (Å²) in [6.07, 6.45) is 3.56. The molecule has 2 saturated carbocycles. The van der Waals surface area contributed by atoms with Crippen LogP contribution in [0.1, 0.15) is 44.9 Å². The summed E-state index contributed by atoms with van der Waals surface area (Å²) in [5.74, 6) is 1.84. The molecule has 1 heterocycles. The van der Waals surface area contributed by atoms with E-state index in [4.69, 9.17) is 0 Å². The average Bonchev–Trinajstić information content (AvgIpc) is 2.74. The first-order chi connectivity index (χ1) is 8.00. The van der Waals surface area contributed by atoms with E-state index in [-0.39, 0.29) is 0 Å². The van der Waals surface area contributed by atoms with Gasteiger partial charge in [-0.25, -0.2) is 9.48 Å². The van der Waals surface area contributed by atoms with Crippen molar-refractivity contribution in [3.63, 3.8) is 0 Å². The molecule has 2 aliphatic carbocycles. The Kier molecular flexibility index (Phi) is 2.06. The molecule has 6 nitrogen and oxygen atoms in total. The average molecular weight is 236 g/mol. The summed E-state index contributed by atoms with van der Waals surface area (Å²) in [5, 5.41) is 20.8. The van der Waals surface area contributed by atoms with Gasteiger partial charge in [-0.05, 0) is 55.4 Å². The molecule has 0 aliphatic heterocycles. The molecule has 1 aromatic rings. The van der Waals surface area contributed by atoms with Crippen molar-refractivity contribution in [2.45, 2.75) is 44.6 Å². The standard InChI is InChI=1S/C11H16N4O2/c1-11(2,10(16)17)15-9(12-13-14-15)8-4-6-3-7(6)5-8/h6-8H,3-5H2,1-2H3,(H,16,17). The lowest BCUT2D eigenvalue weighted by Crippen LogP contribution is -2.38. The minimum Gasteiger partial charge on any atom is -0.479 e. The minimum atomic E-state index is -1.08. The van der Waals surface area contributed by atoms with Gasteiger partial charge in [-0.3, -0.25) is 0 Å². The van der Waals surface area contributed by atoms with Gasteiger partial charge >= 0.3 is 5.97 Å². The summed E-state index contributed by atoms with van der Waals surface area (Å²) in [7, 11) is 0. The number of tetrazole rings is 1. The van der Waals surface area contributed by atoms with Crippen LogP contribution in [0.2, 0.25) is 0 Å². The third kappa shape index (κ3) is 1.54. The van der Waals surface area contributed by atoms with Crippen LogP contribution in [-0.2, 0) is 10.3 Å². The van der Waals surface area contributed by atoms with Crippen molar-refractivity contribution in [2.24, 2.45) is 11.8 Å². The Morgan fingerprint density at radius 3 is 2.59 bits per heavy atom. The first-order valence-corrected chi connectivity index (χ1v) is 6.02. The number of fused-ring (bicyclic) bond motifs is 1. The first-order valence-electron chi connectivity index (χ1n) is 6.02. The van der Waals surface area contributed by atoms with Crippen molar-refractivity contribution in [1.29, 1.82) is 0 Å². The Morgan fingerprint density at radius 2 is 2.00 bits per heavy atom. The highest BCUT2D eigenvalue weighted by molar-refractivity contribution is 5.75. The molecule has 2 unspecified atom stereocenters. The van der Waals surface area contributed by atoms with Crippen LogP contribution in [0.25, 0.3) is 0 Å². The predicted molar refractivity (Wildman–Crippen MR) is 58.3 cm³/mol. The zero-order valence-corrected chi connectivity index (χ0v) is 10.00. The topological polar surface area (TPSA) is 80.9 Å². The van der Waals surface area contributed by atoms with Crippen LogP contribution in [0, 0.1) is 11.8 Å². The lowest BCUT2D eigenvalue weighted by molar-refractivity contribution is -0.146. The number of aliphatic carboxylic acids is 1. The fraction of sp³-hybridized carbons (Fsp3) is 0.818. The molecule has 17 heavy (non-hydrogen) atoms. The number of carboxylic acids is 1. The van der Waals surface area contributed by atoms with E-state index in [2.05, 4.69) is 15.5 Å². The van der Waals surface area contributed by atoms with Crippen LogP contribution in [0.15, 0.2) is 0 Å². The summed E-state index contributed by atoms with van der Waals surface area (Å²) in [4.78, 5) is 11.2. The van der Waals surface area contributed by atoms with Gasteiger partial charge in [0, 0.05) is 5.92 Å². The third-order valence-corrected chi connectivity index (χ3v) is 4.16. The fourth-order valence-electron chi connectivity index (χ4n) is 2.86. The zero-order chi connectivity index (χ0) is 12.2. The van der Waals surface area contributed by atoms with E-state index in [9.17, 15) is 9.90 Å². The van der Waals surface area contributed by atoms with Gasteiger partial charge in [-0.2, -0.15) is 0 Å². The number of aromatic nitrogens is 4. The van der Waals surface area contributed by atoms with Gasteiger partial charge in [0.1, 0.15) is 0 Å². The second-order valence-corrected chi connectivity index (χ2v) is 5.74. The molecule has 0 bridgehead atoms. The Labute approximate surface area is 99.0 Å².